The van der Waals surface area contributed by atoms with E-state index in [0.717, 1.165) is 25.1 Å². The van der Waals surface area contributed by atoms with Gasteiger partial charge in [-0.3, -0.25) is 0 Å². The first-order valence-electron chi connectivity index (χ1n) is 4.65. The van der Waals surface area contributed by atoms with Crippen LogP contribution in [0, 0.1) is 0 Å². The predicted molar refractivity (Wildman–Crippen MR) is 54.9 cm³/mol. The van der Waals surface area contributed by atoms with Crippen LogP contribution in [0.1, 0.15) is 44.9 Å². The lowest BCUT2D eigenvalue weighted by Crippen LogP contribution is -1.94. The number of unbranched alkanes of at least 4 members (excludes halogenated alkanes) is 5. The van der Waals surface area contributed by atoms with E-state index in [4.69, 9.17) is 28.3 Å². The van der Waals surface area contributed by atoms with Crippen molar-refractivity contribution < 1.29 is 5.11 Å². The normalized spacial score (nSPS) is 13.2. The molecule has 0 bridgehead atoms. The standard InChI is InChI=1S/C9H18Cl2O/c10-8-6-4-2-1-3-5-7-9(11)12/h9,12H,1-8H2. The highest BCUT2D eigenvalue weighted by Gasteiger charge is 1.96. The molecule has 0 saturated carbocycles. The van der Waals surface area contributed by atoms with Gasteiger partial charge in [0.2, 0.25) is 0 Å². The lowest BCUT2D eigenvalue weighted by Gasteiger charge is -2.01. The summed E-state index contributed by atoms with van der Waals surface area (Å²) in [6, 6.07) is 0. The first-order chi connectivity index (χ1) is 5.77. The molecular weight excluding hydrogens is 195 g/mol. The summed E-state index contributed by atoms with van der Waals surface area (Å²) < 4.78 is 0. The van der Waals surface area contributed by atoms with Crippen molar-refractivity contribution in [3.05, 3.63) is 0 Å². The van der Waals surface area contributed by atoms with E-state index >= 15 is 0 Å². The summed E-state index contributed by atoms with van der Waals surface area (Å²) in [5.74, 6) is 0.778. The first kappa shape index (κ1) is 12.5. The Kier molecular flexibility index (Phi) is 10.1. The summed E-state index contributed by atoms with van der Waals surface area (Å²) in [7, 11) is 0. The zero-order valence-electron chi connectivity index (χ0n) is 7.44. The summed E-state index contributed by atoms with van der Waals surface area (Å²) in [5.41, 5.74) is -0.646. The lowest BCUT2D eigenvalue weighted by molar-refractivity contribution is 0.240. The Bertz CT molecular complexity index is 86.6. The number of halogens is 2. The van der Waals surface area contributed by atoms with Gasteiger partial charge in [0.05, 0.1) is 0 Å². The number of rotatable bonds is 8. The third kappa shape index (κ3) is 10.5. The molecule has 0 aromatic heterocycles. The second kappa shape index (κ2) is 9.63. The topological polar surface area (TPSA) is 20.2 Å². The van der Waals surface area contributed by atoms with Gasteiger partial charge in [-0.05, 0) is 19.3 Å². The van der Waals surface area contributed by atoms with Gasteiger partial charge in [0.15, 0.2) is 0 Å². The zero-order valence-corrected chi connectivity index (χ0v) is 8.95. The molecule has 0 amide bonds. The van der Waals surface area contributed by atoms with Gasteiger partial charge in [-0.1, -0.05) is 37.3 Å². The van der Waals surface area contributed by atoms with Crippen LogP contribution in [0.15, 0.2) is 0 Å². The Morgan fingerprint density at radius 2 is 1.42 bits per heavy atom. The largest absolute Gasteiger partial charge is 0.378 e. The molecule has 0 radical (unpaired) electrons. The van der Waals surface area contributed by atoms with Crippen LogP contribution in [0.5, 0.6) is 0 Å². The molecule has 0 aliphatic rings. The van der Waals surface area contributed by atoms with Crippen LogP contribution >= 0.6 is 23.2 Å². The molecule has 0 aromatic carbocycles. The summed E-state index contributed by atoms with van der Waals surface area (Å²) >= 11 is 10.9. The predicted octanol–water partition coefficient (Wildman–Crippen LogP) is 3.51. The molecule has 1 nitrogen and oxygen atoms in total. The maximum absolute atomic E-state index is 8.74. The van der Waals surface area contributed by atoms with E-state index in [-0.39, 0.29) is 0 Å². The average molecular weight is 213 g/mol. The molecule has 0 aliphatic carbocycles. The van der Waals surface area contributed by atoms with Crippen LogP contribution in [-0.4, -0.2) is 16.5 Å². The Morgan fingerprint density at radius 1 is 0.917 bits per heavy atom. The minimum Gasteiger partial charge on any atom is -0.378 e. The second-order valence-electron chi connectivity index (χ2n) is 3.03. The van der Waals surface area contributed by atoms with Crippen LogP contribution in [-0.2, 0) is 0 Å². The minimum atomic E-state index is -0.646. The summed E-state index contributed by atoms with van der Waals surface area (Å²) in [6.45, 7) is 0. The van der Waals surface area contributed by atoms with Crippen LogP contribution < -0.4 is 0 Å². The SMILES string of the molecule is OC(Cl)CCCCCCCCCl. The maximum atomic E-state index is 8.74. The molecule has 0 aromatic rings. The molecule has 3 heteroatoms. The van der Waals surface area contributed by atoms with Crippen molar-refractivity contribution in [1.82, 2.24) is 0 Å². The minimum absolute atomic E-state index is 0.646. The third-order valence-corrected chi connectivity index (χ3v) is 2.31. The fraction of sp³-hybridized carbons (Fsp3) is 1.00. The van der Waals surface area contributed by atoms with Crippen LogP contribution in [0.4, 0.5) is 0 Å². The van der Waals surface area contributed by atoms with Crippen LogP contribution in [0.2, 0.25) is 0 Å². The van der Waals surface area contributed by atoms with Gasteiger partial charge in [-0.2, -0.15) is 0 Å². The molecule has 0 fully saturated rings. The van der Waals surface area contributed by atoms with Gasteiger partial charge in [0.25, 0.3) is 0 Å². The van der Waals surface area contributed by atoms with E-state index in [1.54, 1.807) is 0 Å². The first-order valence-corrected chi connectivity index (χ1v) is 5.62. The smallest absolute Gasteiger partial charge is 0.128 e. The molecular formula is C9H18Cl2O. The number of aliphatic hydroxyl groups excluding tert-OH is 1. The van der Waals surface area contributed by atoms with Gasteiger partial charge in [-0.25, -0.2) is 0 Å². The highest BCUT2D eigenvalue weighted by atomic mass is 35.5. The molecule has 0 heterocycles. The van der Waals surface area contributed by atoms with E-state index in [9.17, 15) is 0 Å². The van der Waals surface area contributed by atoms with E-state index < -0.39 is 5.56 Å². The highest BCUT2D eigenvalue weighted by molar-refractivity contribution is 6.19. The quantitative estimate of drug-likeness (QED) is 0.483. The van der Waals surface area contributed by atoms with E-state index in [0.29, 0.717) is 0 Å². The van der Waals surface area contributed by atoms with Gasteiger partial charge >= 0.3 is 0 Å². The average Bonchev–Trinajstić information content (AvgIpc) is 2.02. The molecule has 0 rings (SSSR count). The summed E-state index contributed by atoms with van der Waals surface area (Å²) in [5, 5.41) is 8.74. The number of hydrogen-bond donors (Lipinski definition) is 1. The van der Waals surface area contributed by atoms with Gasteiger partial charge < -0.3 is 5.11 Å². The fourth-order valence-electron chi connectivity index (χ4n) is 1.11. The highest BCUT2D eigenvalue weighted by Crippen LogP contribution is 2.10. The summed E-state index contributed by atoms with van der Waals surface area (Å²) in [4.78, 5) is 0. The Morgan fingerprint density at radius 3 is 1.92 bits per heavy atom. The Hall–Kier alpha value is 0.540. The van der Waals surface area contributed by atoms with Gasteiger partial charge in [0.1, 0.15) is 5.56 Å². The van der Waals surface area contributed by atoms with E-state index in [1.165, 1.54) is 25.7 Å². The molecule has 1 N–H and O–H groups in total. The molecule has 1 unspecified atom stereocenters. The van der Waals surface area contributed by atoms with Crippen molar-refractivity contribution in [2.75, 3.05) is 5.88 Å². The third-order valence-electron chi connectivity index (χ3n) is 1.83. The van der Waals surface area contributed by atoms with Crippen molar-refractivity contribution in [2.24, 2.45) is 0 Å². The number of aliphatic hydroxyl groups is 1. The number of alkyl halides is 2. The molecule has 1 atom stereocenters. The van der Waals surface area contributed by atoms with Crippen molar-refractivity contribution in [3.8, 4) is 0 Å². The van der Waals surface area contributed by atoms with Crippen molar-refractivity contribution in [3.63, 3.8) is 0 Å². The van der Waals surface area contributed by atoms with Gasteiger partial charge in [0, 0.05) is 5.88 Å². The van der Waals surface area contributed by atoms with Crippen LogP contribution in [0.3, 0.4) is 0 Å². The monoisotopic (exact) mass is 212 g/mol. The maximum Gasteiger partial charge on any atom is 0.128 e. The second-order valence-corrected chi connectivity index (χ2v) is 3.92. The number of hydrogen-bond acceptors (Lipinski definition) is 1. The molecule has 12 heavy (non-hydrogen) atoms. The Balaban J connectivity index is 2.82. The van der Waals surface area contributed by atoms with Gasteiger partial charge in [-0.15, -0.1) is 11.6 Å². The molecule has 0 spiro atoms. The van der Waals surface area contributed by atoms with Crippen LogP contribution in [0.25, 0.3) is 0 Å². The van der Waals surface area contributed by atoms with Crippen molar-refractivity contribution >= 4 is 23.2 Å². The van der Waals surface area contributed by atoms with E-state index in [2.05, 4.69) is 0 Å². The fourth-order valence-corrected chi connectivity index (χ4v) is 1.46. The molecule has 74 valence electrons. The molecule has 0 saturated heterocycles. The van der Waals surface area contributed by atoms with E-state index in [1.807, 2.05) is 0 Å². The molecule has 0 aliphatic heterocycles. The summed E-state index contributed by atoms with van der Waals surface area (Å²) in [6.07, 6.45) is 7.77. The zero-order chi connectivity index (χ0) is 9.23. The van der Waals surface area contributed by atoms with Crippen molar-refractivity contribution in [1.29, 1.82) is 0 Å². The Labute approximate surface area is 85.1 Å². The van der Waals surface area contributed by atoms with Crippen molar-refractivity contribution in [2.45, 2.75) is 50.5 Å². The lowest BCUT2D eigenvalue weighted by atomic mass is 10.1.